The van der Waals surface area contributed by atoms with E-state index in [9.17, 15) is 4.39 Å². The zero-order chi connectivity index (χ0) is 24.3. The van der Waals surface area contributed by atoms with Gasteiger partial charge in [-0.2, -0.15) is 5.10 Å². The number of aromatic nitrogens is 4. The van der Waals surface area contributed by atoms with Crippen molar-refractivity contribution in [2.45, 2.75) is 32.2 Å². The maximum absolute atomic E-state index is 13.6. The smallest absolute Gasteiger partial charge is 0.123 e. The SMILES string of the molecule is Fc1cccc(-c2ccc(-n3ncc4cc(-c5cncc(CN6CCCCCC6)c5)ccc43)cn2)c1. The van der Waals surface area contributed by atoms with Crippen molar-refractivity contribution < 1.29 is 4.39 Å². The summed E-state index contributed by atoms with van der Waals surface area (Å²) in [6.45, 7) is 3.31. The monoisotopic (exact) mass is 477 g/mol. The quantitative estimate of drug-likeness (QED) is 0.284. The van der Waals surface area contributed by atoms with E-state index in [2.05, 4.69) is 44.2 Å². The lowest BCUT2D eigenvalue weighted by atomic mass is 10.0. The number of fused-ring (bicyclic) bond motifs is 1. The van der Waals surface area contributed by atoms with Crippen LogP contribution in [0.3, 0.4) is 0 Å². The molecule has 6 rings (SSSR count). The molecule has 0 spiro atoms. The van der Waals surface area contributed by atoms with E-state index in [4.69, 9.17) is 0 Å². The minimum absolute atomic E-state index is 0.269. The molecule has 180 valence electrons. The van der Waals surface area contributed by atoms with E-state index in [-0.39, 0.29) is 5.82 Å². The van der Waals surface area contributed by atoms with Crippen LogP contribution in [-0.2, 0) is 6.54 Å². The number of nitrogens with zero attached hydrogens (tertiary/aromatic N) is 5. The van der Waals surface area contributed by atoms with Gasteiger partial charge < -0.3 is 0 Å². The van der Waals surface area contributed by atoms with Crippen molar-refractivity contribution in [3.8, 4) is 28.1 Å². The minimum atomic E-state index is -0.269. The fraction of sp³-hybridized carbons (Fsp3) is 0.233. The largest absolute Gasteiger partial charge is 0.299 e. The van der Waals surface area contributed by atoms with Gasteiger partial charge in [0, 0.05) is 35.5 Å². The molecule has 1 saturated heterocycles. The molecule has 2 aromatic carbocycles. The first-order valence-corrected chi connectivity index (χ1v) is 12.6. The van der Waals surface area contributed by atoms with E-state index in [0.717, 1.165) is 45.5 Å². The summed E-state index contributed by atoms with van der Waals surface area (Å²) in [6.07, 6.45) is 12.8. The molecule has 0 unspecified atom stereocenters. The molecule has 0 amide bonds. The van der Waals surface area contributed by atoms with Crippen LogP contribution in [0.15, 0.2) is 85.5 Å². The van der Waals surface area contributed by atoms with Gasteiger partial charge in [-0.25, -0.2) is 9.07 Å². The van der Waals surface area contributed by atoms with Crippen LogP contribution in [0.2, 0.25) is 0 Å². The third-order valence-corrected chi connectivity index (χ3v) is 6.91. The summed E-state index contributed by atoms with van der Waals surface area (Å²) in [7, 11) is 0. The molecule has 0 radical (unpaired) electrons. The van der Waals surface area contributed by atoms with Crippen LogP contribution in [0.4, 0.5) is 4.39 Å². The number of pyridine rings is 2. The highest BCUT2D eigenvalue weighted by Gasteiger charge is 2.12. The number of likely N-dealkylation sites (tertiary alicyclic amines) is 1. The summed E-state index contributed by atoms with van der Waals surface area (Å²) in [5.41, 5.74) is 6.86. The van der Waals surface area contributed by atoms with Crippen LogP contribution < -0.4 is 0 Å². The Kier molecular flexibility index (Phi) is 6.26. The molecule has 0 atom stereocenters. The van der Waals surface area contributed by atoms with Gasteiger partial charge in [-0.1, -0.05) is 31.0 Å². The van der Waals surface area contributed by atoms with Crippen molar-refractivity contribution in [1.29, 1.82) is 0 Å². The normalized spacial score (nSPS) is 14.7. The van der Waals surface area contributed by atoms with Gasteiger partial charge in [0.05, 0.1) is 29.3 Å². The molecule has 1 fully saturated rings. The molecule has 5 nitrogen and oxygen atoms in total. The van der Waals surface area contributed by atoms with E-state index in [1.165, 1.54) is 56.5 Å². The first kappa shape index (κ1) is 22.6. The highest BCUT2D eigenvalue weighted by atomic mass is 19.1. The third kappa shape index (κ3) is 4.77. The van der Waals surface area contributed by atoms with Crippen LogP contribution in [-0.4, -0.2) is 37.7 Å². The fourth-order valence-electron chi connectivity index (χ4n) is 5.03. The maximum atomic E-state index is 13.6. The average molecular weight is 478 g/mol. The van der Waals surface area contributed by atoms with Crippen molar-refractivity contribution in [3.63, 3.8) is 0 Å². The van der Waals surface area contributed by atoms with Crippen molar-refractivity contribution in [2.24, 2.45) is 0 Å². The zero-order valence-electron chi connectivity index (χ0n) is 20.1. The Bertz CT molecular complexity index is 1480. The van der Waals surface area contributed by atoms with Gasteiger partial charge in [0.25, 0.3) is 0 Å². The van der Waals surface area contributed by atoms with Crippen molar-refractivity contribution in [3.05, 3.63) is 96.8 Å². The van der Waals surface area contributed by atoms with E-state index in [1.54, 1.807) is 12.3 Å². The summed E-state index contributed by atoms with van der Waals surface area (Å²) < 4.78 is 15.5. The lowest BCUT2D eigenvalue weighted by Gasteiger charge is -2.19. The lowest BCUT2D eigenvalue weighted by molar-refractivity contribution is 0.277. The maximum Gasteiger partial charge on any atom is 0.123 e. The van der Waals surface area contributed by atoms with Gasteiger partial charge >= 0.3 is 0 Å². The molecule has 0 saturated carbocycles. The molecule has 1 aliphatic heterocycles. The predicted molar refractivity (Wildman–Crippen MR) is 141 cm³/mol. The molecule has 3 aromatic heterocycles. The summed E-state index contributed by atoms with van der Waals surface area (Å²) in [6, 6.07) is 19.0. The molecular weight excluding hydrogens is 449 g/mol. The van der Waals surface area contributed by atoms with Crippen molar-refractivity contribution in [2.75, 3.05) is 13.1 Å². The number of halogens is 1. The standard InChI is InChI=1S/C30H28FN5/c31-27-7-5-6-24(16-27)29-10-9-28(20-33-29)36-30-11-8-23(15-26(30)19-34-36)25-14-22(17-32-18-25)21-35-12-3-1-2-4-13-35/h5-11,14-20H,1-4,12-13,21H2. The Hall–Kier alpha value is -3.90. The summed E-state index contributed by atoms with van der Waals surface area (Å²) in [5, 5.41) is 5.67. The number of hydrogen-bond acceptors (Lipinski definition) is 4. The molecule has 0 aliphatic carbocycles. The first-order valence-electron chi connectivity index (χ1n) is 12.6. The second kappa shape index (κ2) is 9.99. The minimum Gasteiger partial charge on any atom is -0.299 e. The molecule has 6 heteroatoms. The van der Waals surface area contributed by atoms with Crippen molar-refractivity contribution in [1.82, 2.24) is 24.6 Å². The number of hydrogen-bond donors (Lipinski definition) is 0. The van der Waals surface area contributed by atoms with Crippen LogP contribution in [0.5, 0.6) is 0 Å². The van der Waals surface area contributed by atoms with Crippen LogP contribution in [0, 0.1) is 5.82 Å². The Balaban J connectivity index is 1.24. The molecule has 36 heavy (non-hydrogen) atoms. The molecule has 1 aliphatic rings. The van der Waals surface area contributed by atoms with Gasteiger partial charge in [-0.05, 0) is 79.5 Å². The highest BCUT2D eigenvalue weighted by Crippen LogP contribution is 2.27. The van der Waals surface area contributed by atoms with Crippen LogP contribution in [0.25, 0.3) is 39.0 Å². The summed E-state index contributed by atoms with van der Waals surface area (Å²) >= 11 is 0. The topological polar surface area (TPSA) is 46.8 Å². The molecule has 4 heterocycles. The second-order valence-electron chi connectivity index (χ2n) is 9.51. The lowest BCUT2D eigenvalue weighted by Crippen LogP contribution is -2.24. The number of benzene rings is 2. The fourth-order valence-corrected chi connectivity index (χ4v) is 5.03. The molecule has 0 bridgehead atoms. The molecular formula is C30H28FN5. The van der Waals surface area contributed by atoms with Crippen LogP contribution in [0.1, 0.15) is 31.2 Å². The van der Waals surface area contributed by atoms with Gasteiger partial charge in [0.2, 0.25) is 0 Å². The van der Waals surface area contributed by atoms with Gasteiger partial charge in [-0.15, -0.1) is 0 Å². The highest BCUT2D eigenvalue weighted by molar-refractivity contribution is 5.85. The van der Waals surface area contributed by atoms with Gasteiger partial charge in [0.15, 0.2) is 0 Å². The Morgan fingerprint density at radius 3 is 2.44 bits per heavy atom. The number of rotatable bonds is 5. The Labute approximate surface area is 210 Å². The van der Waals surface area contributed by atoms with E-state index in [1.807, 2.05) is 41.5 Å². The van der Waals surface area contributed by atoms with E-state index in [0.29, 0.717) is 0 Å². The third-order valence-electron chi connectivity index (χ3n) is 6.91. The second-order valence-corrected chi connectivity index (χ2v) is 9.51. The van der Waals surface area contributed by atoms with E-state index < -0.39 is 0 Å². The van der Waals surface area contributed by atoms with Gasteiger partial charge in [-0.3, -0.25) is 14.9 Å². The first-order chi connectivity index (χ1) is 17.7. The Morgan fingerprint density at radius 2 is 1.64 bits per heavy atom. The van der Waals surface area contributed by atoms with Gasteiger partial charge in [0.1, 0.15) is 5.82 Å². The zero-order valence-corrected chi connectivity index (χ0v) is 20.1. The van der Waals surface area contributed by atoms with Crippen LogP contribution >= 0.6 is 0 Å². The molecule has 5 aromatic rings. The average Bonchev–Trinajstić information content (AvgIpc) is 3.17. The summed E-state index contributed by atoms with van der Waals surface area (Å²) in [5.74, 6) is -0.269. The summed E-state index contributed by atoms with van der Waals surface area (Å²) in [4.78, 5) is 11.6. The molecule has 0 N–H and O–H groups in total. The predicted octanol–water partition coefficient (Wildman–Crippen LogP) is 6.66. The van der Waals surface area contributed by atoms with Crippen molar-refractivity contribution >= 4 is 10.9 Å². The Morgan fingerprint density at radius 1 is 0.750 bits per heavy atom. The van der Waals surface area contributed by atoms with E-state index >= 15 is 0 Å².